The summed E-state index contributed by atoms with van der Waals surface area (Å²) >= 11 is 0. The van der Waals surface area contributed by atoms with Gasteiger partial charge in [-0.05, 0) is 29.7 Å². The van der Waals surface area contributed by atoms with Gasteiger partial charge in [0.05, 0.1) is 25.1 Å². The molecule has 0 radical (unpaired) electrons. The lowest BCUT2D eigenvalue weighted by Crippen LogP contribution is -2.47. The number of aromatic nitrogens is 1. The van der Waals surface area contributed by atoms with Gasteiger partial charge in [-0.1, -0.05) is 24.3 Å². The monoisotopic (exact) mass is 379 g/mol. The summed E-state index contributed by atoms with van der Waals surface area (Å²) in [4.78, 5) is 21.5. The van der Waals surface area contributed by atoms with Crippen molar-refractivity contribution >= 4 is 11.6 Å². The molecule has 1 aromatic heterocycles. The molecule has 6 heteroatoms. The van der Waals surface area contributed by atoms with E-state index in [1.54, 1.807) is 0 Å². The largest absolute Gasteiger partial charge is 0.366 e. The summed E-state index contributed by atoms with van der Waals surface area (Å²) in [6.45, 7) is 4.45. The molecule has 146 valence electrons. The smallest absolute Gasteiger partial charge is 0.272 e. The first-order chi connectivity index (χ1) is 13.7. The second-order valence-electron chi connectivity index (χ2n) is 7.74. The van der Waals surface area contributed by atoms with Crippen LogP contribution in [0.2, 0.25) is 0 Å². The zero-order valence-electron chi connectivity index (χ0n) is 16.0. The Bertz CT molecular complexity index is 852. The SMILES string of the molecule is O=C(c1ccc(N2CCc3ccccc3C2)cn1)N1CCC2(CC1)OCCO2. The van der Waals surface area contributed by atoms with E-state index in [4.69, 9.17) is 9.47 Å². The summed E-state index contributed by atoms with van der Waals surface area (Å²) in [6.07, 6.45) is 4.32. The van der Waals surface area contributed by atoms with Crippen LogP contribution in [-0.4, -0.2) is 54.4 Å². The highest BCUT2D eigenvalue weighted by Gasteiger charge is 2.41. The number of hydrogen-bond acceptors (Lipinski definition) is 5. The Morgan fingerprint density at radius 3 is 2.43 bits per heavy atom. The second-order valence-corrected chi connectivity index (χ2v) is 7.74. The maximum absolute atomic E-state index is 12.8. The Labute approximate surface area is 165 Å². The summed E-state index contributed by atoms with van der Waals surface area (Å²) in [5.74, 6) is -0.470. The normalized spacial score (nSPS) is 21.0. The number of ether oxygens (including phenoxy) is 2. The van der Waals surface area contributed by atoms with E-state index in [0.717, 1.165) is 38.0 Å². The molecule has 2 fully saturated rings. The molecule has 28 heavy (non-hydrogen) atoms. The standard InChI is InChI=1S/C22H25N3O3/c26-21(24-11-8-22(9-12-24)27-13-14-28-22)20-6-5-19(15-23-20)25-10-7-17-3-1-2-4-18(17)16-25/h1-6,15H,7-14,16H2. The van der Waals surface area contributed by atoms with Crippen molar-refractivity contribution in [2.45, 2.75) is 31.6 Å². The first kappa shape index (κ1) is 17.6. The van der Waals surface area contributed by atoms with Crippen molar-refractivity contribution in [2.75, 3.05) is 37.7 Å². The summed E-state index contributed by atoms with van der Waals surface area (Å²) < 4.78 is 11.5. The molecule has 1 aromatic carbocycles. The van der Waals surface area contributed by atoms with Gasteiger partial charge in [0, 0.05) is 39.0 Å². The number of likely N-dealkylation sites (tertiary alicyclic amines) is 1. The lowest BCUT2D eigenvalue weighted by Gasteiger charge is -2.37. The Hall–Kier alpha value is -2.44. The third-order valence-electron chi connectivity index (χ3n) is 6.09. The lowest BCUT2D eigenvalue weighted by atomic mass is 9.99. The molecule has 3 aliphatic heterocycles. The molecule has 0 unspecified atom stereocenters. The van der Waals surface area contributed by atoms with E-state index in [-0.39, 0.29) is 5.91 Å². The molecule has 3 aliphatic rings. The van der Waals surface area contributed by atoms with E-state index in [2.05, 4.69) is 34.1 Å². The quantitative estimate of drug-likeness (QED) is 0.803. The number of benzene rings is 1. The van der Waals surface area contributed by atoms with Crippen LogP contribution < -0.4 is 4.90 Å². The first-order valence-electron chi connectivity index (χ1n) is 10.1. The number of carbonyl (C=O) groups excluding carboxylic acids is 1. The van der Waals surface area contributed by atoms with Gasteiger partial charge in [0.25, 0.3) is 5.91 Å². The molecule has 1 amide bonds. The lowest BCUT2D eigenvalue weighted by molar-refractivity contribution is -0.181. The first-order valence-corrected chi connectivity index (χ1v) is 10.1. The van der Waals surface area contributed by atoms with Crippen LogP contribution in [0.25, 0.3) is 0 Å². The average Bonchev–Trinajstić information content (AvgIpc) is 3.21. The van der Waals surface area contributed by atoms with Crippen LogP contribution in [0.5, 0.6) is 0 Å². The summed E-state index contributed by atoms with van der Waals surface area (Å²) in [7, 11) is 0. The van der Waals surface area contributed by atoms with Gasteiger partial charge in [0.2, 0.25) is 0 Å². The molecular formula is C22H25N3O3. The molecule has 0 saturated carbocycles. The number of anilines is 1. The highest BCUT2D eigenvalue weighted by atomic mass is 16.7. The van der Waals surface area contributed by atoms with Crippen LogP contribution in [0.4, 0.5) is 5.69 Å². The predicted molar refractivity (Wildman–Crippen MR) is 105 cm³/mol. The number of piperidine rings is 1. The van der Waals surface area contributed by atoms with E-state index >= 15 is 0 Å². The van der Waals surface area contributed by atoms with Crippen LogP contribution in [0, 0.1) is 0 Å². The van der Waals surface area contributed by atoms with Crippen molar-refractivity contribution < 1.29 is 14.3 Å². The molecule has 0 N–H and O–H groups in total. The number of nitrogens with zero attached hydrogens (tertiary/aromatic N) is 3. The van der Waals surface area contributed by atoms with E-state index in [9.17, 15) is 4.79 Å². The van der Waals surface area contributed by atoms with Crippen LogP contribution in [0.15, 0.2) is 42.6 Å². The maximum atomic E-state index is 12.8. The topological polar surface area (TPSA) is 54.9 Å². The van der Waals surface area contributed by atoms with Gasteiger partial charge in [-0.25, -0.2) is 4.98 Å². The number of fused-ring (bicyclic) bond motifs is 1. The molecule has 5 rings (SSSR count). The molecule has 2 aromatic rings. The van der Waals surface area contributed by atoms with Crippen molar-refractivity contribution in [1.82, 2.24) is 9.88 Å². The summed E-state index contributed by atoms with van der Waals surface area (Å²) in [5.41, 5.74) is 4.37. The van der Waals surface area contributed by atoms with Crippen molar-refractivity contribution in [2.24, 2.45) is 0 Å². The number of rotatable bonds is 2. The molecular weight excluding hydrogens is 354 g/mol. The Morgan fingerprint density at radius 1 is 0.964 bits per heavy atom. The molecule has 6 nitrogen and oxygen atoms in total. The van der Waals surface area contributed by atoms with Gasteiger partial charge >= 0.3 is 0 Å². The van der Waals surface area contributed by atoms with Crippen molar-refractivity contribution in [3.8, 4) is 0 Å². The van der Waals surface area contributed by atoms with Gasteiger partial charge in [-0.3, -0.25) is 4.79 Å². The van der Waals surface area contributed by atoms with Gasteiger partial charge < -0.3 is 19.3 Å². The minimum atomic E-state index is -0.460. The molecule has 4 heterocycles. The van der Waals surface area contributed by atoms with Crippen molar-refractivity contribution in [1.29, 1.82) is 0 Å². The number of amides is 1. The van der Waals surface area contributed by atoms with Gasteiger partial charge in [-0.2, -0.15) is 0 Å². The molecule has 0 aliphatic carbocycles. The van der Waals surface area contributed by atoms with Crippen LogP contribution >= 0.6 is 0 Å². The Kier molecular flexibility index (Phi) is 4.53. The minimum absolute atomic E-state index is 0.0108. The highest BCUT2D eigenvalue weighted by Crippen LogP contribution is 2.31. The third kappa shape index (κ3) is 3.27. The third-order valence-corrected chi connectivity index (χ3v) is 6.09. The Balaban J connectivity index is 1.24. The molecule has 1 spiro atoms. The highest BCUT2D eigenvalue weighted by molar-refractivity contribution is 5.92. The average molecular weight is 379 g/mol. The van der Waals surface area contributed by atoms with Gasteiger partial charge in [0.15, 0.2) is 5.79 Å². The van der Waals surface area contributed by atoms with Crippen molar-refractivity contribution in [3.05, 3.63) is 59.4 Å². The number of carbonyl (C=O) groups is 1. The van der Waals surface area contributed by atoms with E-state index in [1.165, 1.54) is 11.1 Å². The summed E-state index contributed by atoms with van der Waals surface area (Å²) in [6, 6.07) is 12.5. The fourth-order valence-electron chi connectivity index (χ4n) is 4.41. The van der Waals surface area contributed by atoms with E-state index in [0.29, 0.717) is 32.0 Å². The number of hydrogen-bond donors (Lipinski definition) is 0. The van der Waals surface area contributed by atoms with Crippen molar-refractivity contribution in [3.63, 3.8) is 0 Å². The maximum Gasteiger partial charge on any atom is 0.272 e. The van der Waals surface area contributed by atoms with Gasteiger partial charge in [-0.15, -0.1) is 0 Å². The summed E-state index contributed by atoms with van der Waals surface area (Å²) in [5, 5.41) is 0. The van der Waals surface area contributed by atoms with Gasteiger partial charge in [0.1, 0.15) is 5.69 Å². The zero-order chi connectivity index (χ0) is 19.0. The number of pyridine rings is 1. The molecule has 0 atom stereocenters. The fourth-order valence-corrected chi connectivity index (χ4v) is 4.41. The zero-order valence-corrected chi connectivity index (χ0v) is 16.0. The molecule has 0 bridgehead atoms. The minimum Gasteiger partial charge on any atom is -0.366 e. The van der Waals surface area contributed by atoms with Crippen LogP contribution in [0.1, 0.15) is 34.5 Å². The van der Waals surface area contributed by atoms with E-state index < -0.39 is 5.79 Å². The second kappa shape index (κ2) is 7.18. The fraction of sp³-hybridized carbons (Fsp3) is 0.455. The Morgan fingerprint density at radius 2 is 1.71 bits per heavy atom. The van der Waals surface area contributed by atoms with E-state index in [1.807, 2.05) is 23.2 Å². The predicted octanol–water partition coefficient (Wildman–Crippen LogP) is 2.62. The molecule has 2 saturated heterocycles. The van der Waals surface area contributed by atoms with Crippen LogP contribution in [-0.2, 0) is 22.4 Å². The van der Waals surface area contributed by atoms with Crippen LogP contribution in [0.3, 0.4) is 0 Å².